The molecule has 0 atom stereocenters. The molecule has 0 aromatic heterocycles. The van der Waals surface area contributed by atoms with Gasteiger partial charge >= 0.3 is 11.9 Å². The SMILES string of the molecule is CCCCCCCCCNC(=O)CCCCC(=O)OO.CCCCCCCCCNC(=O)CCCCC(=O)OO. The molecule has 0 fully saturated rings. The van der Waals surface area contributed by atoms with Gasteiger partial charge in [-0.2, -0.15) is 10.5 Å². The van der Waals surface area contributed by atoms with Crippen LogP contribution in [0.3, 0.4) is 0 Å². The Morgan fingerprint density at radius 3 is 1.07 bits per heavy atom. The zero-order valence-electron chi connectivity index (χ0n) is 25.3. The molecule has 236 valence electrons. The van der Waals surface area contributed by atoms with E-state index in [2.05, 4.69) is 34.3 Å². The highest BCUT2D eigenvalue weighted by molar-refractivity contribution is 5.76. The Kier molecular flexibility index (Phi) is 33.0. The molecular formula is C30H58N2O8. The van der Waals surface area contributed by atoms with Crippen LogP contribution in [0, 0.1) is 0 Å². The predicted molar refractivity (Wildman–Crippen MR) is 156 cm³/mol. The molecule has 0 bridgehead atoms. The van der Waals surface area contributed by atoms with Crippen LogP contribution in [0.1, 0.15) is 155 Å². The van der Waals surface area contributed by atoms with Gasteiger partial charge in [0.2, 0.25) is 11.8 Å². The van der Waals surface area contributed by atoms with E-state index in [0.717, 1.165) is 25.9 Å². The third-order valence-corrected chi connectivity index (χ3v) is 6.48. The summed E-state index contributed by atoms with van der Waals surface area (Å²) < 4.78 is 0. The van der Waals surface area contributed by atoms with Crippen LogP contribution < -0.4 is 10.6 Å². The highest BCUT2D eigenvalue weighted by Crippen LogP contribution is 2.08. The van der Waals surface area contributed by atoms with Crippen LogP contribution in [0.25, 0.3) is 0 Å². The molecular weight excluding hydrogens is 516 g/mol. The van der Waals surface area contributed by atoms with Gasteiger partial charge in [-0.1, -0.05) is 90.9 Å². The minimum atomic E-state index is -0.645. The van der Waals surface area contributed by atoms with Crippen molar-refractivity contribution in [2.45, 2.75) is 155 Å². The fraction of sp³-hybridized carbons (Fsp3) is 0.867. The summed E-state index contributed by atoms with van der Waals surface area (Å²) in [6.07, 6.45) is 20.9. The van der Waals surface area contributed by atoms with E-state index in [1.54, 1.807) is 0 Å². The number of rotatable bonds is 26. The van der Waals surface area contributed by atoms with Crippen molar-refractivity contribution in [3.05, 3.63) is 0 Å². The van der Waals surface area contributed by atoms with Crippen LogP contribution >= 0.6 is 0 Å². The molecule has 0 aliphatic rings. The van der Waals surface area contributed by atoms with Gasteiger partial charge in [-0.25, -0.2) is 9.59 Å². The molecule has 10 heteroatoms. The van der Waals surface area contributed by atoms with Gasteiger partial charge in [0.15, 0.2) is 0 Å². The van der Waals surface area contributed by atoms with Gasteiger partial charge in [0.05, 0.1) is 0 Å². The van der Waals surface area contributed by atoms with Crippen LogP contribution in [0.15, 0.2) is 0 Å². The lowest BCUT2D eigenvalue weighted by atomic mass is 10.1. The van der Waals surface area contributed by atoms with Crippen molar-refractivity contribution in [1.82, 2.24) is 10.6 Å². The molecule has 0 aromatic rings. The largest absolute Gasteiger partial charge is 0.356 e. The Morgan fingerprint density at radius 2 is 0.750 bits per heavy atom. The molecule has 0 rings (SSSR count). The zero-order chi connectivity index (χ0) is 30.1. The van der Waals surface area contributed by atoms with Gasteiger partial charge in [0, 0.05) is 38.8 Å². The van der Waals surface area contributed by atoms with Crippen LogP contribution in [0.4, 0.5) is 0 Å². The normalized spacial score (nSPS) is 10.3. The maximum absolute atomic E-state index is 11.5. The Hall–Kier alpha value is -2.20. The number of hydrogen-bond acceptors (Lipinski definition) is 8. The fourth-order valence-corrected chi connectivity index (χ4v) is 4.00. The summed E-state index contributed by atoms with van der Waals surface area (Å²) in [7, 11) is 0. The standard InChI is InChI=1S/2C15H29NO4/c2*1-2-3-4-5-6-7-10-13-16-14(17)11-8-9-12-15(18)20-19/h2*19H,2-13H2,1H3,(H,16,17). The minimum Gasteiger partial charge on any atom is -0.356 e. The number of amides is 2. The third-order valence-electron chi connectivity index (χ3n) is 6.48. The summed E-state index contributed by atoms with van der Waals surface area (Å²) in [5.41, 5.74) is 0. The summed E-state index contributed by atoms with van der Waals surface area (Å²) in [5, 5.41) is 21.9. The second kappa shape index (κ2) is 33.0. The van der Waals surface area contributed by atoms with E-state index in [4.69, 9.17) is 10.5 Å². The summed E-state index contributed by atoms with van der Waals surface area (Å²) >= 11 is 0. The third kappa shape index (κ3) is 33.8. The summed E-state index contributed by atoms with van der Waals surface area (Å²) in [4.78, 5) is 51.2. The Balaban J connectivity index is 0. The Bertz CT molecular complexity index is 565. The van der Waals surface area contributed by atoms with Crippen molar-refractivity contribution < 1.29 is 39.5 Å². The van der Waals surface area contributed by atoms with Crippen LogP contribution in [-0.2, 0) is 29.0 Å². The number of nitrogens with one attached hydrogen (secondary N) is 2. The molecule has 0 heterocycles. The molecule has 10 nitrogen and oxygen atoms in total. The molecule has 0 radical (unpaired) electrons. The molecule has 2 amide bonds. The van der Waals surface area contributed by atoms with E-state index in [1.807, 2.05) is 0 Å². The highest BCUT2D eigenvalue weighted by Gasteiger charge is 2.05. The van der Waals surface area contributed by atoms with E-state index in [0.29, 0.717) is 38.5 Å². The van der Waals surface area contributed by atoms with Crippen molar-refractivity contribution in [3.63, 3.8) is 0 Å². The maximum atomic E-state index is 11.5. The molecule has 0 unspecified atom stereocenters. The van der Waals surface area contributed by atoms with E-state index in [-0.39, 0.29) is 24.7 Å². The number of hydrogen-bond donors (Lipinski definition) is 4. The van der Waals surface area contributed by atoms with Crippen molar-refractivity contribution >= 4 is 23.8 Å². The van der Waals surface area contributed by atoms with E-state index in [9.17, 15) is 19.2 Å². The lowest BCUT2D eigenvalue weighted by Crippen LogP contribution is -2.24. The molecule has 0 spiro atoms. The smallest absolute Gasteiger partial charge is 0.342 e. The van der Waals surface area contributed by atoms with Gasteiger partial charge in [-0.05, 0) is 38.5 Å². The maximum Gasteiger partial charge on any atom is 0.342 e. The Morgan fingerprint density at radius 1 is 0.450 bits per heavy atom. The van der Waals surface area contributed by atoms with Crippen LogP contribution in [0.2, 0.25) is 0 Å². The molecule has 0 aliphatic carbocycles. The van der Waals surface area contributed by atoms with Gasteiger partial charge in [-0.15, -0.1) is 0 Å². The van der Waals surface area contributed by atoms with Gasteiger partial charge in [0.25, 0.3) is 0 Å². The first-order valence-corrected chi connectivity index (χ1v) is 15.6. The first kappa shape index (κ1) is 39.9. The first-order valence-electron chi connectivity index (χ1n) is 15.6. The number of carbonyl (C=O) groups is 4. The average Bonchev–Trinajstić information content (AvgIpc) is 2.96. The van der Waals surface area contributed by atoms with E-state index < -0.39 is 11.9 Å². The lowest BCUT2D eigenvalue weighted by molar-refractivity contribution is -0.234. The molecule has 0 saturated heterocycles. The molecule has 40 heavy (non-hydrogen) atoms. The fourth-order valence-electron chi connectivity index (χ4n) is 4.00. The lowest BCUT2D eigenvalue weighted by Gasteiger charge is -2.05. The second-order valence-corrected chi connectivity index (χ2v) is 10.3. The average molecular weight is 575 g/mol. The Labute approximate surface area is 242 Å². The highest BCUT2D eigenvalue weighted by atomic mass is 17.1. The van der Waals surface area contributed by atoms with Crippen molar-refractivity contribution in [2.24, 2.45) is 0 Å². The molecule has 0 aromatic carbocycles. The van der Waals surface area contributed by atoms with Crippen molar-refractivity contribution in [2.75, 3.05) is 13.1 Å². The monoisotopic (exact) mass is 574 g/mol. The van der Waals surface area contributed by atoms with Crippen LogP contribution in [-0.4, -0.2) is 47.4 Å². The van der Waals surface area contributed by atoms with Gasteiger partial charge in [-0.3, -0.25) is 9.59 Å². The summed E-state index contributed by atoms with van der Waals surface area (Å²) in [5.74, 6) is -1.22. The van der Waals surface area contributed by atoms with Gasteiger partial charge in [0.1, 0.15) is 0 Å². The molecule has 4 N–H and O–H groups in total. The second-order valence-electron chi connectivity index (χ2n) is 10.3. The molecule has 0 aliphatic heterocycles. The number of carbonyl (C=O) groups excluding carboxylic acids is 4. The quantitative estimate of drug-likeness (QED) is 0.0497. The first-order chi connectivity index (χ1) is 19.4. The molecule has 0 saturated carbocycles. The van der Waals surface area contributed by atoms with Crippen molar-refractivity contribution in [3.8, 4) is 0 Å². The summed E-state index contributed by atoms with van der Waals surface area (Å²) in [6.45, 7) is 5.90. The van der Waals surface area contributed by atoms with Gasteiger partial charge < -0.3 is 20.4 Å². The van der Waals surface area contributed by atoms with Crippen molar-refractivity contribution in [1.29, 1.82) is 0 Å². The predicted octanol–water partition coefficient (Wildman–Crippen LogP) is 6.86. The topological polar surface area (TPSA) is 151 Å². The van der Waals surface area contributed by atoms with Crippen LogP contribution in [0.5, 0.6) is 0 Å². The zero-order valence-corrected chi connectivity index (χ0v) is 25.3. The van der Waals surface area contributed by atoms with E-state index in [1.165, 1.54) is 77.0 Å². The minimum absolute atomic E-state index is 0.0355. The van der Waals surface area contributed by atoms with E-state index >= 15 is 0 Å². The summed E-state index contributed by atoms with van der Waals surface area (Å²) in [6, 6.07) is 0. The number of unbranched alkanes of at least 4 members (excludes halogenated alkanes) is 14.